The van der Waals surface area contributed by atoms with Gasteiger partial charge in [-0.15, -0.1) is 0 Å². The Morgan fingerprint density at radius 3 is 2.33 bits per heavy atom. The summed E-state index contributed by atoms with van der Waals surface area (Å²) in [6.07, 6.45) is -2.47. The lowest BCUT2D eigenvalue weighted by atomic mass is 9.96. The number of ketones is 1. The number of carbonyl (C=O) groups excluding carboxylic acids is 1. The molecule has 0 amide bonds. The number of fused-ring (bicyclic) bond motifs is 1. The van der Waals surface area contributed by atoms with Crippen LogP contribution in [0.1, 0.15) is 22.3 Å². The molecule has 7 rings (SSSR count). The van der Waals surface area contributed by atoms with E-state index >= 15 is 4.39 Å². The monoisotopic (exact) mass is 689 g/mol. The molecule has 0 spiro atoms. The van der Waals surface area contributed by atoms with Crippen molar-refractivity contribution in [3.63, 3.8) is 0 Å². The maximum Gasteiger partial charge on any atom is 0.490 e. The predicted octanol–water partition coefficient (Wildman–Crippen LogP) is 4.75. The van der Waals surface area contributed by atoms with E-state index in [1.54, 1.807) is 24.4 Å². The minimum absolute atomic E-state index is 0.267. The van der Waals surface area contributed by atoms with Crippen LogP contribution in [0.3, 0.4) is 0 Å². The smallest absolute Gasteiger partial charge is 0.475 e. The van der Waals surface area contributed by atoms with Crippen molar-refractivity contribution in [3.8, 4) is 11.5 Å². The Kier molecular flexibility index (Phi) is 9.83. The van der Waals surface area contributed by atoms with Crippen LogP contribution in [-0.2, 0) is 4.79 Å². The number of likely N-dealkylation sites (tertiary alicyclic amines) is 2. The van der Waals surface area contributed by atoms with E-state index in [-0.39, 0.29) is 10.8 Å². The number of ether oxygens (including phenoxy) is 1. The molecule has 11 nitrogen and oxygen atoms in total. The third-order valence-corrected chi connectivity index (χ3v) is 9.01. The van der Waals surface area contributed by atoms with Crippen molar-refractivity contribution in [1.29, 1.82) is 0 Å². The van der Waals surface area contributed by atoms with Gasteiger partial charge in [0.05, 0.1) is 22.0 Å². The molecule has 4 aromatic rings. The average molecular weight is 690 g/mol. The number of hydrogen-bond acceptors (Lipinski definition) is 9. The third kappa shape index (κ3) is 7.38. The number of aromatic nitrogens is 3. The van der Waals surface area contributed by atoms with Gasteiger partial charge >= 0.3 is 12.1 Å². The second kappa shape index (κ2) is 14.0. The van der Waals surface area contributed by atoms with E-state index in [1.165, 1.54) is 6.33 Å². The Balaban J connectivity index is 0.000000519. The van der Waals surface area contributed by atoms with Crippen LogP contribution in [0.15, 0.2) is 61.1 Å². The summed E-state index contributed by atoms with van der Waals surface area (Å²) < 4.78 is 53.0. The lowest BCUT2D eigenvalue weighted by molar-refractivity contribution is -0.192. The predicted molar refractivity (Wildman–Crippen MR) is 169 cm³/mol. The van der Waals surface area contributed by atoms with E-state index in [2.05, 4.69) is 35.4 Å². The van der Waals surface area contributed by atoms with Gasteiger partial charge in [0.2, 0.25) is 0 Å². The number of halogens is 5. The molecule has 0 bridgehead atoms. The molecule has 0 unspecified atom stereocenters. The van der Waals surface area contributed by atoms with E-state index < -0.39 is 24.4 Å². The fourth-order valence-electron chi connectivity index (χ4n) is 5.91. The summed E-state index contributed by atoms with van der Waals surface area (Å²) in [6.45, 7) is 5.35. The van der Waals surface area contributed by atoms with Crippen molar-refractivity contribution in [3.05, 3.63) is 77.2 Å². The number of hydrogen-bond donors (Lipinski definition) is 4. The number of piperidine rings is 1. The zero-order valence-electron chi connectivity index (χ0n) is 25.4. The highest BCUT2D eigenvalue weighted by Gasteiger charge is 2.41. The summed E-state index contributed by atoms with van der Waals surface area (Å²) in [5.41, 5.74) is 1.19. The molecule has 3 aliphatic rings. The summed E-state index contributed by atoms with van der Waals surface area (Å²) in [4.78, 5) is 39.1. The lowest BCUT2D eigenvalue weighted by Crippen LogP contribution is -2.70. The van der Waals surface area contributed by atoms with E-state index in [0.717, 1.165) is 32.7 Å². The topological polar surface area (TPSA) is 136 Å². The number of H-pyrrole nitrogens is 1. The number of rotatable bonds is 8. The number of carboxylic acids is 1. The van der Waals surface area contributed by atoms with Crippen molar-refractivity contribution in [2.75, 3.05) is 44.6 Å². The van der Waals surface area contributed by atoms with Crippen molar-refractivity contribution >= 4 is 40.2 Å². The average Bonchev–Trinajstić information content (AvgIpc) is 3.44. The maximum absolute atomic E-state index is 15.5. The summed E-state index contributed by atoms with van der Waals surface area (Å²) in [6, 6.07) is 15.0. The van der Waals surface area contributed by atoms with Gasteiger partial charge in [0.15, 0.2) is 5.78 Å². The largest absolute Gasteiger partial charge is 0.490 e. The summed E-state index contributed by atoms with van der Waals surface area (Å²) in [5, 5.41) is 14.5. The Morgan fingerprint density at radius 1 is 0.979 bits per heavy atom. The van der Waals surface area contributed by atoms with Gasteiger partial charge in [-0.2, -0.15) is 13.2 Å². The fourth-order valence-corrected chi connectivity index (χ4v) is 6.17. The van der Waals surface area contributed by atoms with E-state index in [1.807, 2.05) is 30.3 Å². The molecule has 16 heteroatoms. The number of carbonyl (C=O) groups is 2. The number of benzene rings is 2. The maximum atomic E-state index is 15.5. The van der Waals surface area contributed by atoms with E-state index in [9.17, 15) is 18.0 Å². The number of aromatic amines is 1. The van der Waals surface area contributed by atoms with Gasteiger partial charge in [0, 0.05) is 69.2 Å². The molecule has 4 N–H and O–H groups in total. The van der Waals surface area contributed by atoms with Crippen molar-refractivity contribution in [2.45, 2.75) is 36.9 Å². The minimum Gasteiger partial charge on any atom is -0.475 e. The van der Waals surface area contributed by atoms with Crippen LogP contribution < -0.4 is 15.4 Å². The second-order valence-electron chi connectivity index (χ2n) is 11.8. The molecule has 48 heavy (non-hydrogen) atoms. The quantitative estimate of drug-likeness (QED) is 0.152. The number of para-hydroxylation sites is 1. The van der Waals surface area contributed by atoms with Gasteiger partial charge in [-0.1, -0.05) is 29.8 Å². The first-order valence-corrected chi connectivity index (χ1v) is 15.6. The van der Waals surface area contributed by atoms with Gasteiger partial charge in [0.1, 0.15) is 35.5 Å². The van der Waals surface area contributed by atoms with Crippen LogP contribution in [0.5, 0.6) is 11.5 Å². The molecule has 3 aliphatic heterocycles. The number of aliphatic carboxylic acids is 1. The highest BCUT2D eigenvalue weighted by Crippen LogP contribution is 2.33. The Morgan fingerprint density at radius 2 is 1.71 bits per heavy atom. The number of nitrogens with one attached hydrogen (secondary N) is 3. The van der Waals surface area contributed by atoms with Gasteiger partial charge < -0.3 is 25.5 Å². The second-order valence-corrected chi connectivity index (χ2v) is 12.2. The molecule has 0 saturated carbocycles. The molecule has 3 fully saturated rings. The normalized spacial score (nSPS) is 20.7. The zero-order chi connectivity index (χ0) is 34.0. The van der Waals surface area contributed by atoms with Crippen LogP contribution in [-0.4, -0.2) is 111 Å². The Bertz CT molecular complexity index is 1770. The number of alkyl halides is 4. The highest BCUT2D eigenvalue weighted by molar-refractivity contribution is 6.35. The highest BCUT2D eigenvalue weighted by atomic mass is 35.5. The van der Waals surface area contributed by atoms with Crippen molar-refractivity contribution in [1.82, 2.24) is 30.1 Å². The van der Waals surface area contributed by atoms with E-state index in [4.69, 9.17) is 26.2 Å². The molecule has 2 atom stereocenters. The first-order valence-electron chi connectivity index (χ1n) is 15.3. The molecule has 0 radical (unpaired) electrons. The van der Waals surface area contributed by atoms with Crippen LogP contribution >= 0.6 is 11.6 Å². The van der Waals surface area contributed by atoms with Crippen LogP contribution in [0.2, 0.25) is 5.02 Å². The molecule has 254 valence electrons. The lowest BCUT2D eigenvalue weighted by Gasteiger charge is -2.53. The molecule has 3 saturated heterocycles. The number of anilines is 1. The van der Waals surface area contributed by atoms with Gasteiger partial charge in [-0.05, 0) is 30.7 Å². The summed E-state index contributed by atoms with van der Waals surface area (Å²) in [5.74, 6) is -1.41. The van der Waals surface area contributed by atoms with Gasteiger partial charge in [-0.25, -0.2) is 19.2 Å². The fraction of sp³-hybridized carbons (Fsp3) is 0.375. The van der Waals surface area contributed by atoms with Gasteiger partial charge in [0.25, 0.3) is 0 Å². The first-order chi connectivity index (χ1) is 23.0. The summed E-state index contributed by atoms with van der Waals surface area (Å²) >= 11 is 6.55. The van der Waals surface area contributed by atoms with Crippen molar-refractivity contribution < 1.29 is 37.0 Å². The van der Waals surface area contributed by atoms with Crippen LogP contribution in [0, 0.1) is 0 Å². The van der Waals surface area contributed by atoms with Crippen LogP contribution in [0.4, 0.5) is 23.4 Å². The molecular weight excluding hydrogens is 658 g/mol. The molecule has 0 aliphatic carbocycles. The Labute approximate surface area is 277 Å². The minimum atomic E-state index is -5.08. The molecule has 2 aromatic heterocycles. The van der Waals surface area contributed by atoms with Crippen LogP contribution in [0.25, 0.3) is 11.0 Å². The molecule has 5 heterocycles. The zero-order valence-corrected chi connectivity index (χ0v) is 26.1. The third-order valence-electron chi connectivity index (χ3n) is 8.70. The molecule has 2 aromatic carbocycles. The van der Waals surface area contributed by atoms with Crippen molar-refractivity contribution in [2.24, 2.45) is 0 Å². The number of carboxylic acid groups (broad SMARTS) is 1. The van der Waals surface area contributed by atoms with Gasteiger partial charge in [-0.3, -0.25) is 14.6 Å². The molecular formula is C32H32ClF4N7O4. The standard InChI is InChI=1S/C30H31ClFN7O2.C2HF3O2/c31-24-10-21(41-20-4-2-1-3-5-20)6-7-22(24)28(40)23-13-34-29-27(23)30(36-17-35-29)37-26-8-9-38(16-25(26)32)19-14-39(15-19)18-11-33-12-18;3-2(4,5)1(6)7/h1-7,10,13,17-19,25-26,33H,8-9,11-12,14-16H2,(H2,34,35,36,37);(H,6,7)/t25-,26-;/m1./s1. The summed E-state index contributed by atoms with van der Waals surface area (Å²) in [7, 11) is 0. The Hall–Kier alpha value is -4.31. The number of nitrogens with zero attached hydrogens (tertiary/aromatic N) is 4. The SMILES string of the molecule is O=C(O)C(F)(F)F.O=C(c1ccc(Oc2ccccc2)cc1Cl)c1c[nH]c2ncnc(N[C@@H]3CCN(C4CN(C5CNC5)C4)C[C@H]3F)c12. The van der Waals surface area contributed by atoms with E-state index in [0.29, 0.717) is 64.5 Å². The first kappa shape index (κ1) is 33.6.